The van der Waals surface area contributed by atoms with E-state index < -0.39 is 23.0 Å². The molecule has 0 saturated carbocycles. The Kier molecular flexibility index (Phi) is 8.27. The standard InChI is InChI=1S/C30H26FN5O5S/c1-18-13-19(11-12-25(18)31)30(37)33-20-7-6-8-22(14-20)36(42(38)39)29-28(34-26-9-4-5-10-27(26)35-29)32-21-15-23(40-2)17-24(16-21)41-3/h4-17H,1-3H3,(H,32,34)(H,33,37)(H,38,39). The minimum Gasteiger partial charge on any atom is -0.497 e. The van der Waals surface area contributed by atoms with Crippen LogP contribution in [0.2, 0.25) is 0 Å². The number of methoxy groups -OCH3 is 2. The minimum absolute atomic E-state index is 0.0500. The summed E-state index contributed by atoms with van der Waals surface area (Å²) in [6.45, 7) is 1.57. The van der Waals surface area contributed by atoms with Crippen molar-refractivity contribution in [3.8, 4) is 11.5 Å². The van der Waals surface area contributed by atoms with Crippen molar-refractivity contribution in [3.05, 3.63) is 102 Å². The number of aromatic nitrogens is 2. The number of nitrogens with zero attached hydrogens (tertiary/aromatic N) is 3. The molecule has 0 fully saturated rings. The topological polar surface area (TPSA) is 126 Å². The SMILES string of the molecule is COc1cc(Nc2nc3ccccc3nc2N(c2cccc(NC(=O)c3ccc(F)c(C)c3)c2)S(=O)O)cc(OC)c1. The van der Waals surface area contributed by atoms with E-state index in [1.807, 2.05) is 6.07 Å². The van der Waals surface area contributed by atoms with Gasteiger partial charge in [0.15, 0.2) is 11.6 Å². The summed E-state index contributed by atoms with van der Waals surface area (Å²) in [6, 6.07) is 22.7. The monoisotopic (exact) mass is 587 g/mol. The summed E-state index contributed by atoms with van der Waals surface area (Å²) in [6.07, 6.45) is 0. The van der Waals surface area contributed by atoms with Crippen LogP contribution >= 0.6 is 0 Å². The predicted molar refractivity (Wildman–Crippen MR) is 161 cm³/mol. The Balaban J connectivity index is 1.56. The third kappa shape index (κ3) is 6.14. The molecule has 1 unspecified atom stereocenters. The second kappa shape index (κ2) is 12.2. The summed E-state index contributed by atoms with van der Waals surface area (Å²) in [5, 5.41) is 5.93. The first-order valence-electron chi connectivity index (χ1n) is 12.6. The third-order valence-corrected chi connectivity index (χ3v) is 6.97. The van der Waals surface area contributed by atoms with Gasteiger partial charge in [0.05, 0.1) is 30.9 Å². The van der Waals surface area contributed by atoms with E-state index in [1.165, 1.54) is 38.5 Å². The van der Waals surface area contributed by atoms with Crippen LogP contribution in [0.15, 0.2) is 84.9 Å². The molecule has 0 radical (unpaired) electrons. The molecule has 1 heterocycles. The van der Waals surface area contributed by atoms with Crippen LogP contribution in [-0.2, 0) is 11.3 Å². The first-order valence-corrected chi connectivity index (χ1v) is 13.7. The molecule has 0 spiro atoms. The van der Waals surface area contributed by atoms with Crippen LogP contribution in [0.25, 0.3) is 11.0 Å². The molecule has 0 saturated heterocycles. The Morgan fingerprint density at radius 2 is 1.57 bits per heavy atom. The van der Waals surface area contributed by atoms with Gasteiger partial charge in [-0.05, 0) is 61.0 Å². The zero-order chi connectivity index (χ0) is 29.8. The molecule has 1 aromatic heterocycles. The summed E-state index contributed by atoms with van der Waals surface area (Å²) >= 11 is -2.60. The number of anilines is 5. The summed E-state index contributed by atoms with van der Waals surface area (Å²) in [5.41, 5.74) is 2.78. The number of carbonyl (C=O) groups is 1. The lowest BCUT2D eigenvalue weighted by atomic mass is 10.1. The summed E-state index contributed by atoms with van der Waals surface area (Å²) < 4.78 is 48.9. The largest absolute Gasteiger partial charge is 0.497 e. The number of hydrogen-bond acceptors (Lipinski definition) is 7. The van der Waals surface area contributed by atoms with Crippen LogP contribution in [-0.4, -0.2) is 38.9 Å². The van der Waals surface area contributed by atoms with Crippen molar-refractivity contribution < 1.29 is 27.4 Å². The average molecular weight is 588 g/mol. The Morgan fingerprint density at radius 3 is 2.21 bits per heavy atom. The van der Waals surface area contributed by atoms with Crippen molar-refractivity contribution in [2.45, 2.75) is 6.92 Å². The maximum Gasteiger partial charge on any atom is 0.268 e. The zero-order valence-electron chi connectivity index (χ0n) is 22.8. The van der Waals surface area contributed by atoms with Gasteiger partial charge >= 0.3 is 0 Å². The van der Waals surface area contributed by atoms with E-state index in [0.717, 1.165) is 4.31 Å². The van der Waals surface area contributed by atoms with Crippen molar-refractivity contribution in [2.24, 2.45) is 0 Å². The van der Waals surface area contributed by atoms with Gasteiger partial charge in [0.2, 0.25) is 0 Å². The van der Waals surface area contributed by atoms with E-state index in [9.17, 15) is 17.9 Å². The molecule has 10 nitrogen and oxygen atoms in total. The van der Waals surface area contributed by atoms with Gasteiger partial charge in [0.1, 0.15) is 17.3 Å². The van der Waals surface area contributed by atoms with Crippen molar-refractivity contribution in [3.63, 3.8) is 0 Å². The van der Waals surface area contributed by atoms with Gasteiger partial charge in [0.25, 0.3) is 17.2 Å². The highest BCUT2D eigenvalue weighted by Crippen LogP contribution is 2.36. The van der Waals surface area contributed by atoms with Gasteiger partial charge in [-0.2, -0.15) is 0 Å². The molecule has 4 aromatic carbocycles. The predicted octanol–water partition coefficient (Wildman–Crippen LogP) is 6.37. The fraction of sp³-hybridized carbons (Fsp3) is 0.100. The molecule has 5 aromatic rings. The van der Waals surface area contributed by atoms with Gasteiger partial charge in [-0.15, -0.1) is 0 Å². The van der Waals surface area contributed by atoms with E-state index in [4.69, 9.17) is 14.5 Å². The molecule has 0 aliphatic heterocycles. The van der Waals surface area contributed by atoms with E-state index >= 15 is 0 Å². The van der Waals surface area contributed by atoms with Crippen molar-refractivity contribution in [1.82, 2.24) is 9.97 Å². The van der Waals surface area contributed by atoms with Crippen LogP contribution in [0.3, 0.4) is 0 Å². The fourth-order valence-electron chi connectivity index (χ4n) is 4.22. The fourth-order valence-corrected chi connectivity index (χ4v) is 4.79. The highest BCUT2D eigenvalue weighted by Gasteiger charge is 2.24. The molecular formula is C30H26FN5O5S. The second-order valence-electron chi connectivity index (χ2n) is 9.10. The van der Waals surface area contributed by atoms with Crippen molar-refractivity contribution in [1.29, 1.82) is 0 Å². The van der Waals surface area contributed by atoms with Gasteiger partial charge < -0.3 is 20.1 Å². The number of ether oxygens (including phenoxy) is 2. The smallest absolute Gasteiger partial charge is 0.268 e. The number of hydrogen-bond donors (Lipinski definition) is 3. The molecule has 5 rings (SSSR count). The average Bonchev–Trinajstić information content (AvgIpc) is 2.98. The van der Waals surface area contributed by atoms with Crippen molar-refractivity contribution >= 4 is 56.9 Å². The molecule has 0 bridgehead atoms. The van der Waals surface area contributed by atoms with Gasteiger partial charge in [-0.1, -0.05) is 18.2 Å². The van der Waals surface area contributed by atoms with Gasteiger partial charge in [0, 0.05) is 35.1 Å². The molecule has 1 atom stereocenters. The summed E-state index contributed by atoms with van der Waals surface area (Å²) in [7, 11) is 3.05. The number of halogens is 1. The van der Waals surface area contributed by atoms with Crippen LogP contribution in [0.5, 0.6) is 11.5 Å². The van der Waals surface area contributed by atoms with Crippen molar-refractivity contribution in [2.75, 3.05) is 29.2 Å². The molecule has 3 N–H and O–H groups in total. The number of aryl methyl sites for hydroxylation is 1. The highest BCUT2D eigenvalue weighted by atomic mass is 32.2. The number of fused-ring (bicyclic) bond motifs is 1. The molecule has 42 heavy (non-hydrogen) atoms. The Hall–Kier alpha value is -5.07. The minimum atomic E-state index is -2.60. The van der Waals surface area contributed by atoms with E-state index in [-0.39, 0.29) is 22.9 Å². The number of para-hydroxylation sites is 2. The number of nitrogens with one attached hydrogen (secondary N) is 2. The first kappa shape index (κ1) is 28.5. The quantitative estimate of drug-likeness (QED) is 0.170. The van der Waals surface area contributed by atoms with Crippen LogP contribution in [0.1, 0.15) is 15.9 Å². The zero-order valence-corrected chi connectivity index (χ0v) is 23.6. The number of benzene rings is 4. The first-order chi connectivity index (χ1) is 20.2. The molecule has 214 valence electrons. The van der Waals surface area contributed by atoms with Crippen LogP contribution in [0, 0.1) is 12.7 Å². The third-order valence-electron chi connectivity index (χ3n) is 6.27. The van der Waals surface area contributed by atoms with Gasteiger partial charge in [-0.25, -0.2) is 22.9 Å². The molecule has 12 heteroatoms. The van der Waals surface area contributed by atoms with Gasteiger partial charge in [-0.3, -0.25) is 9.35 Å². The molecule has 0 aliphatic rings. The molecular weight excluding hydrogens is 561 g/mol. The molecule has 1 amide bonds. The van der Waals surface area contributed by atoms with Crippen LogP contribution < -0.4 is 24.4 Å². The summed E-state index contributed by atoms with van der Waals surface area (Å²) in [4.78, 5) is 22.2. The van der Waals surface area contributed by atoms with E-state index in [2.05, 4.69) is 15.6 Å². The lowest BCUT2D eigenvalue weighted by Crippen LogP contribution is -2.22. The second-order valence-corrected chi connectivity index (χ2v) is 9.93. The number of rotatable bonds is 9. The molecule has 0 aliphatic carbocycles. The lowest BCUT2D eigenvalue weighted by Gasteiger charge is -2.23. The van der Waals surface area contributed by atoms with E-state index in [1.54, 1.807) is 61.5 Å². The highest BCUT2D eigenvalue weighted by molar-refractivity contribution is 7.81. The summed E-state index contributed by atoms with van der Waals surface area (Å²) in [5.74, 6) is 0.398. The van der Waals surface area contributed by atoms with Crippen LogP contribution in [0.4, 0.5) is 33.1 Å². The number of amides is 1. The normalized spacial score (nSPS) is 11.5. The van der Waals surface area contributed by atoms with E-state index in [0.29, 0.717) is 39.5 Å². The number of carbonyl (C=O) groups excluding carboxylic acids is 1. The Morgan fingerprint density at radius 1 is 0.881 bits per heavy atom. The Labute approximate surface area is 243 Å². The lowest BCUT2D eigenvalue weighted by molar-refractivity contribution is 0.102. The maximum absolute atomic E-state index is 13.7. The maximum atomic E-state index is 13.7. The Bertz CT molecular complexity index is 1800.